The Balaban J connectivity index is 1.57. The summed E-state index contributed by atoms with van der Waals surface area (Å²) in [5.74, 6) is 2.69. The van der Waals surface area contributed by atoms with Gasteiger partial charge in [0.25, 0.3) is 0 Å². The molecule has 5 rings (SSSR count). The fourth-order valence-electron chi connectivity index (χ4n) is 3.08. The molecule has 1 N–H and O–H groups in total. The van der Waals surface area contributed by atoms with Crippen LogP contribution in [0.5, 0.6) is 17.2 Å². The molecule has 25 heavy (non-hydrogen) atoms. The smallest absolute Gasteiger partial charge is 0.142 e. The highest BCUT2D eigenvalue weighted by Gasteiger charge is 2.19. The maximum atomic E-state index is 6.08. The molecule has 0 unspecified atom stereocenters. The van der Waals surface area contributed by atoms with Crippen molar-refractivity contribution < 1.29 is 9.47 Å². The zero-order valence-electron chi connectivity index (χ0n) is 13.6. The number of aromatic nitrogens is 1. The first-order valence-corrected chi connectivity index (χ1v) is 8.88. The molecule has 1 aliphatic heterocycles. The van der Waals surface area contributed by atoms with E-state index in [4.69, 9.17) is 9.47 Å². The van der Waals surface area contributed by atoms with Crippen molar-refractivity contribution in [3.63, 3.8) is 0 Å². The molecule has 4 heteroatoms. The van der Waals surface area contributed by atoms with Gasteiger partial charge in [0.1, 0.15) is 17.2 Å². The number of methoxy groups -OCH3 is 1. The quantitative estimate of drug-likeness (QED) is 0.420. The number of benzene rings is 3. The normalized spacial score (nSPS) is 12.4. The second kappa shape index (κ2) is 5.60. The largest absolute Gasteiger partial charge is 0.497 e. The molecule has 0 radical (unpaired) electrons. The van der Waals surface area contributed by atoms with E-state index < -0.39 is 0 Å². The maximum Gasteiger partial charge on any atom is 0.142 e. The summed E-state index contributed by atoms with van der Waals surface area (Å²) in [7, 11) is 1.68. The number of aromatic amines is 1. The van der Waals surface area contributed by atoms with Crippen LogP contribution in [0.1, 0.15) is 0 Å². The van der Waals surface area contributed by atoms with Crippen LogP contribution in [0.25, 0.3) is 22.2 Å². The van der Waals surface area contributed by atoms with Gasteiger partial charge in [-0.25, -0.2) is 0 Å². The summed E-state index contributed by atoms with van der Waals surface area (Å²) >= 11 is 1.75. The van der Waals surface area contributed by atoms with Crippen molar-refractivity contribution in [3.05, 3.63) is 66.7 Å². The number of hydrogen-bond donors (Lipinski definition) is 1. The predicted molar refractivity (Wildman–Crippen MR) is 101 cm³/mol. The highest BCUT2D eigenvalue weighted by molar-refractivity contribution is 7.99. The molecule has 0 spiro atoms. The van der Waals surface area contributed by atoms with Gasteiger partial charge in [0, 0.05) is 16.6 Å². The molecule has 0 fully saturated rings. The third-order valence-corrected chi connectivity index (χ3v) is 5.47. The van der Waals surface area contributed by atoms with Crippen molar-refractivity contribution in [2.45, 2.75) is 9.79 Å². The maximum absolute atomic E-state index is 6.08. The lowest BCUT2D eigenvalue weighted by molar-refractivity contribution is 0.415. The van der Waals surface area contributed by atoms with E-state index in [0.29, 0.717) is 0 Å². The first-order valence-electron chi connectivity index (χ1n) is 8.06. The number of nitrogens with one attached hydrogen (secondary N) is 1. The third kappa shape index (κ3) is 2.46. The molecule has 3 nitrogen and oxygen atoms in total. The molecular formula is C21H15NO2S. The van der Waals surface area contributed by atoms with Crippen LogP contribution in [-0.4, -0.2) is 12.1 Å². The second-order valence-corrected chi connectivity index (χ2v) is 7.03. The van der Waals surface area contributed by atoms with Crippen LogP contribution in [0, 0.1) is 0 Å². The lowest BCUT2D eigenvalue weighted by atomic mass is 10.1. The molecule has 0 amide bonds. The van der Waals surface area contributed by atoms with E-state index in [0.717, 1.165) is 49.2 Å². The summed E-state index contributed by atoms with van der Waals surface area (Å²) in [5, 5.41) is 1.14. The SMILES string of the molecule is COc1ccc(-c2cc3cc4c(cc3[nH]2)Sc2ccccc2O4)cc1. The topological polar surface area (TPSA) is 34.2 Å². The van der Waals surface area contributed by atoms with Gasteiger partial charge in [0.15, 0.2) is 0 Å². The zero-order valence-corrected chi connectivity index (χ0v) is 14.4. The monoisotopic (exact) mass is 345 g/mol. The lowest BCUT2D eigenvalue weighted by Crippen LogP contribution is -1.94. The molecule has 3 aromatic carbocycles. The van der Waals surface area contributed by atoms with Crippen molar-refractivity contribution in [2.75, 3.05) is 7.11 Å². The van der Waals surface area contributed by atoms with Gasteiger partial charge in [-0.1, -0.05) is 23.9 Å². The number of H-pyrrole nitrogens is 1. The Hall–Kier alpha value is -2.85. The molecule has 0 atom stereocenters. The fraction of sp³-hybridized carbons (Fsp3) is 0.0476. The van der Waals surface area contributed by atoms with Crippen molar-refractivity contribution in [1.82, 2.24) is 4.98 Å². The zero-order chi connectivity index (χ0) is 16.8. The standard InChI is InChI=1S/C21H15NO2S/c1-23-15-8-6-13(7-9-15)16-10-14-11-19-21(12-17(14)22-16)25-20-5-3-2-4-18(20)24-19/h2-12,22H,1H3. The van der Waals surface area contributed by atoms with Gasteiger partial charge < -0.3 is 14.5 Å². The van der Waals surface area contributed by atoms with Gasteiger partial charge in [-0.2, -0.15) is 0 Å². The Labute approximate surface area is 149 Å². The van der Waals surface area contributed by atoms with Crippen LogP contribution in [0.2, 0.25) is 0 Å². The lowest BCUT2D eigenvalue weighted by Gasteiger charge is -2.19. The van der Waals surface area contributed by atoms with E-state index in [1.165, 1.54) is 0 Å². The van der Waals surface area contributed by atoms with E-state index >= 15 is 0 Å². The van der Waals surface area contributed by atoms with E-state index in [1.807, 2.05) is 30.3 Å². The summed E-state index contributed by atoms with van der Waals surface area (Å²) in [5.41, 5.74) is 3.33. The molecule has 0 bridgehead atoms. The van der Waals surface area contributed by atoms with Crippen LogP contribution < -0.4 is 9.47 Å². The first kappa shape index (κ1) is 14.5. The van der Waals surface area contributed by atoms with E-state index in [2.05, 4.69) is 41.4 Å². The predicted octanol–water partition coefficient (Wildman–Crippen LogP) is 6.10. The van der Waals surface area contributed by atoms with E-state index in [9.17, 15) is 0 Å². The highest BCUT2D eigenvalue weighted by Crippen LogP contribution is 2.48. The molecule has 122 valence electrons. The molecule has 2 heterocycles. The Morgan fingerprint density at radius 2 is 1.72 bits per heavy atom. The number of hydrogen-bond acceptors (Lipinski definition) is 3. The number of fused-ring (bicyclic) bond motifs is 3. The summed E-state index contributed by atoms with van der Waals surface area (Å²) < 4.78 is 11.3. The summed E-state index contributed by atoms with van der Waals surface area (Å²) in [6, 6.07) is 22.6. The van der Waals surface area contributed by atoms with Crippen molar-refractivity contribution in [2.24, 2.45) is 0 Å². The van der Waals surface area contributed by atoms with Crippen LogP contribution in [0.15, 0.2) is 76.5 Å². The van der Waals surface area contributed by atoms with Gasteiger partial charge in [-0.3, -0.25) is 0 Å². The van der Waals surface area contributed by atoms with Crippen molar-refractivity contribution in [3.8, 4) is 28.5 Å². The van der Waals surface area contributed by atoms with Crippen LogP contribution in [0.4, 0.5) is 0 Å². The number of rotatable bonds is 2. The van der Waals surface area contributed by atoms with Crippen molar-refractivity contribution in [1.29, 1.82) is 0 Å². The summed E-state index contributed by atoms with van der Waals surface area (Å²) in [4.78, 5) is 5.80. The summed E-state index contributed by atoms with van der Waals surface area (Å²) in [6.45, 7) is 0. The van der Waals surface area contributed by atoms with Gasteiger partial charge >= 0.3 is 0 Å². The molecule has 1 aromatic heterocycles. The van der Waals surface area contributed by atoms with Gasteiger partial charge in [-0.15, -0.1) is 0 Å². The van der Waals surface area contributed by atoms with Crippen molar-refractivity contribution >= 4 is 22.7 Å². The van der Waals surface area contributed by atoms with Crippen LogP contribution >= 0.6 is 11.8 Å². The minimum Gasteiger partial charge on any atom is -0.497 e. The Bertz CT molecular complexity index is 1020. The third-order valence-electron chi connectivity index (χ3n) is 4.38. The molecule has 0 saturated heterocycles. The van der Waals surface area contributed by atoms with Gasteiger partial charge in [-0.05, 0) is 60.2 Å². The summed E-state index contributed by atoms with van der Waals surface area (Å²) in [6.07, 6.45) is 0. The minimum atomic E-state index is 0.859. The van der Waals surface area contributed by atoms with Crippen LogP contribution in [-0.2, 0) is 0 Å². The second-order valence-electron chi connectivity index (χ2n) is 5.95. The average Bonchev–Trinajstić information content (AvgIpc) is 3.07. The molecule has 0 aliphatic carbocycles. The van der Waals surface area contributed by atoms with Gasteiger partial charge in [0.2, 0.25) is 0 Å². The van der Waals surface area contributed by atoms with Gasteiger partial charge in [0.05, 0.1) is 16.9 Å². The van der Waals surface area contributed by atoms with E-state index in [-0.39, 0.29) is 0 Å². The number of para-hydroxylation sites is 1. The Morgan fingerprint density at radius 3 is 2.56 bits per heavy atom. The first-order chi connectivity index (χ1) is 12.3. The minimum absolute atomic E-state index is 0.859. The van der Waals surface area contributed by atoms with E-state index in [1.54, 1.807) is 18.9 Å². The molecular weight excluding hydrogens is 330 g/mol. The molecule has 0 saturated carbocycles. The number of ether oxygens (including phenoxy) is 2. The molecule has 4 aromatic rings. The molecule has 1 aliphatic rings. The Morgan fingerprint density at radius 1 is 0.880 bits per heavy atom. The average molecular weight is 345 g/mol. The fourth-order valence-corrected chi connectivity index (χ4v) is 4.05. The Kier molecular flexibility index (Phi) is 3.25. The van der Waals surface area contributed by atoms with Crippen LogP contribution in [0.3, 0.4) is 0 Å². The highest BCUT2D eigenvalue weighted by atomic mass is 32.2.